The third-order valence-corrected chi connectivity index (χ3v) is 2.84. The smallest absolute Gasteiger partial charge is 0.0844 e. The third kappa shape index (κ3) is 116. The molecule has 0 radical (unpaired) electrons. The average molecular weight is 412 g/mol. The van der Waals surface area contributed by atoms with Crippen molar-refractivity contribution < 1.29 is 20.9 Å². The van der Waals surface area contributed by atoms with E-state index in [0.717, 1.165) is 40.5 Å². The maximum absolute atomic E-state index is 4.00. The van der Waals surface area contributed by atoms with Gasteiger partial charge in [0.05, 0.1) is 0 Å². The van der Waals surface area contributed by atoms with Crippen LogP contribution in [0.5, 0.6) is 0 Å². The minimum Gasteiger partial charge on any atom is -0.665 e. The molecule has 0 heterocycles. The maximum atomic E-state index is 4.00. The van der Waals surface area contributed by atoms with Crippen LogP contribution in [-0.4, -0.2) is 46.8 Å². The third-order valence-electron chi connectivity index (χ3n) is 1.18. The van der Waals surface area contributed by atoms with Crippen molar-refractivity contribution in [2.24, 2.45) is 3.34 Å². The van der Waals surface area contributed by atoms with Gasteiger partial charge in [0.15, 0.2) is 0 Å². The Morgan fingerprint density at radius 3 is 0.941 bits per heavy atom. The van der Waals surface area contributed by atoms with Crippen molar-refractivity contribution in [1.29, 1.82) is 0 Å². The Kier molecular flexibility index (Phi) is 55.2. The first-order valence-corrected chi connectivity index (χ1v) is 7.46. The SMILES string of the molecule is CC(C)[N]=[Ta].CC[N-]C.CC[N-]C.CC[N-]C. The van der Waals surface area contributed by atoms with Crippen LogP contribution in [0.2, 0.25) is 0 Å². The second-order valence-corrected chi connectivity index (χ2v) is 3.94. The van der Waals surface area contributed by atoms with Gasteiger partial charge in [-0.1, -0.05) is 20.8 Å². The Hall–Kier alpha value is 0.420. The minimum absolute atomic E-state index is 0.559. The van der Waals surface area contributed by atoms with Gasteiger partial charge < -0.3 is 16.0 Å². The molecule has 0 saturated carbocycles. The fraction of sp³-hybridized carbons (Fsp3) is 1.00. The quantitative estimate of drug-likeness (QED) is 0.666. The van der Waals surface area contributed by atoms with Crippen molar-refractivity contribution >= 4 is 0 Å². The summed E-state index contributed by atoms with van der Waals surface area (Å²) in [7, 11) is 5.42. The summed E-state index contributed by atoms with van der Waals surface area (Å²) in [6, 6.07) is 0.559. The second kappa shape index (κ2) is 36.0. The van der Waals surface area contributed by atoms with E-state index in [2.05, 4.69) is 33.1 Å². The van der Waals surface area contributed by atoms with Gasteiger partial charge in [0.25, 0.3) is 0 Å². The first kappa shape index (κ1) is 26.1. The first-order valence-electron chi connectivity index (χ1n) is 6.02. The molecule has 0 N–H and O–H groups in total. The number of rotatable bonds is 4. The zero-order valence-corrected chi connectivity index (χ0v) is 16.1. The average Bonchev–Trinajstić information content (AvgIpc) is 2.39. The molecule has 0 aromatic heterocycles. The Morgan fingerprint density at radius 1 is 0.824 bits per heavy atom. The van der Waals surface area contributed by atoms with Crippen molar-refractivity contribution in [1.82, 2.24) is 0 Å². The predicted octanol–water partition coefficient (Wildman–Crippen LogP) is 4.15. The summed E-state index contributed by atoms with van der Waals surface area (Å²) >= 11 is 1.16. The van der Waals surface area contributed by atoms with Crippen LogP contribution in [0.1, 0.15) is 34.6 Å². The van der Waals surface area contributed by atoms with E-state index in [1.54, 1.807) is 21.1 Å². The van der Waals surface area contributed by atoms with Gasteiger partial charge >= 0.3 is 44.1 Å². The summed E-state index contributed by atoms with van der Waals surface area (Å²) in [4.78, 5) is 0. The Labute approximate surface area is 122 Å². The molecule has 107 valence electrons. The fourth-order valence-corrected chi connectivity index (χ4v) is 0. The van der Waals surface area contributed by atoms with Crippen LogP contribution in [-0.2, 0) is 20.9 Å². The molecule has 0 aliphatic heterocycles. The van der Waals surface area contributed by atoms with Crippen LogP contribution in [0, 0.1) is 0 Å². The molecule has 0 atom stereocenters. The molecule has 0 rings (SSSR count). The van der Waals surface area contributed by atoms with Crippen LogP contribution in [0.25, 0.3) is 16.0 Å². The largest absolute Gasteiger partial charge is 0.665 e. The second-order valence-electron chi connectivity index (χ2n) is 3.11. The van der Waals surface area contributed by atoms with Crippen molar-refractivity contribution in [2.75, 3.05) is 40.8 Å². The topological polar surface area (TPSA) is 54.7 Å². The van der Waals surface area contributed by atoms with E-state index in [4.69, 9.17) is 0 Å². The van der Waals surface area contributed by atoms with Crippen molar-refractivity contribution in [3.05, 3.63) is 16.0 Å². The van der Waals surface area contributed by atoms with E-state index in [0.29, 0.717) is 6.04 Å². The van der Waals surface area contributed by atoms with Gasteiger partial charge in [-0.25, -0.2) is 0 Å². The number of hydrogen-bond donors (Lipinski definition) is 0. The number of nitrogens with zero attached hydrogens (tertiary/aromatic N) is 4. The Morgan fingerprint density at radius 2 is 0.941 bits per heavy atom. The molecule has 5 heteroatoms. The summed E-state index contributed by atoms with van der Waals surface area (Å²) in [6.07, 6.45) is 0. The van der Waals surface area contributed by atoms with Crippen LogP contribution in [0.3, 0.4) is 0 Å². The van der Waals surface area contributed by atoms with Gasteiger partial charge in [-0.05, 0) is 0 Å². The fourth-order valence-electron chi connectivity index (χ4n) is 0. The van der Waals surface area contributed by atoms with Gasteiger partial charge in [-0.2, -0.15) is 40.8 Å². The molecule has 0 unspecified atom stereocenters. The summed E-state index contributed by atoms with van der Waals surface area (Å²) in [6.45, 7) is 13.0. The summed E-state index contributed by atoms with van der Waals surface area (Å²) in [5, 5.41) is 11.2. The molecule has 0 spiro atoms. The molecule has 0 aromatic rings. The zero-order valence-electron chi connectivity index (χ0n) is 12.9. The van der Waals surface area contributed by atoms with E-state index in [1.807, 2.05) is 20.8 Å². The van der Waals surface area contributed by atoms with Gasteiger partial charge in [-0.3, -0.25) is 0 Å². The predicted molar refractivity (Wildman–Crippen MR) is 77.0 cm³/mol. The maximum Gasteiger partial charge on any atom is -0.0844 e. The monoisotopic (exact) mass is 412 g/mol. The standard InChI is InChI=1S/3C3H8N.C3H7N.Ta/c3*1-3-4-2;1-3(2)4;/h3*3H2,1-2H3;3H,1-2H3;/q3*-1;;. The molecular weight excluding hydrogens is 381 g/mol. The van der Waals surface area contributed by atoms with Crippen LogP contribution in [0.15, 0.2) is 3.34 Å². The van der Waals surface area contributed by atoms with Crippen molar-refractivity contribution in [3.8, 4) is 0 Å². The molecule has 0 fully saturated rings. The van der Waals surface area contributed by atoms with E-state index in [1.165, 1.54) is 0 Å². The Bertz CT molecular complexity index is 85.0. The van der Waals surface area contributed by atoms with E-state index in [9.17, 15) is 0 Å². The zero-order chi connectivity index (χ0) is 14.5. The molecule has 17 heavy (non-hydrogen) atoms. The minimum atomic E-state index is 0.559. The van der Waals surface area contributed by atoms with Crippen LogP contribution < -0.4 is 0 Å². The molecule has 4 nitrogen and oxygen atoms in total. The normalized spacial score (nSPS) is 7.76. The van der Waals surface area contributed by atoms with Gasteiger partial charge in [-0.15, -0.1) is 0 Å². The summed E-state index contributed by atoms with van der Waals surface area (Å²) in [5.41, 5.74) is 0. The van der Waals surface area contributed by atoms with E-state index >= 15 is 0 Å². The summed E-state index contributed by atoms with van der Waals surface area (Å²) in [5.74, 6) is 0. The summed E-state index contributed by atoms with van der Waals surface area (Å²) < 4.78 is 4.00. The van der Waals surface area contributed by atoms with E-state index < -0.39 is 0 Å². The van der Waals surface area contributed by atoms with E-state index in [-0.39, 0.29) is 0 Å². The molecule has 0 aromatic carbocycles. The van der Waals surface area contributed by atoms with Crippen LogP contribution in [0.4, 0.5) is 0 Å². The van der Waals surface area contributed by atoms with Crippen molar-refractivity contribution in [3.63, 3.8) is 0 Å². The van der Waals surface area contributed by atoms with Crippen LogP contribution >= 0.6 is 0 Å². The first-order chi connectivity index (χ1) is 8.01. The molecular formula is C12H31N4Ta-3. The van der Waals surface area contributed by atoms with Gasteiger partial charge in [0.2, 0.25) is 0 Å². The van der Waals surface area contributed by atoms with Gasteiger partial charge in [0.1, 0.15) is 0 Å². The Balaban J connectivity index is -0.0000000667. The number of hydrogen-bond acceptors (Lipinski definition) is 1. The molecule has 0 saturated heterocycles. The van der Waals surface area contributed by atoms with Gasteiger partial charge in [0, 0.05) is 0 Å². The van der Waals surface area contributed by atoms with Crippen molar-refractivity contribution in [2.45, 2.75) is 40.7 Å². The molecule has 0 aliphatic carbocycles. The molecule has 0 bridgehead atoms. The molecule has 0 aliphatic rings. The molecule has 0 amide bonds.